The number of aliphatic imine (C=N–C) groups is 1. The van der Waals surface area contributed by atoms with Gasteiger partial charge in [0.1, 0.15) is 17.4 Å². The van der Waals surface area contributed by atoms with E-state index in [1.807, 2.05) is 61.5 Å². The first-order chi connectivity index (χ1) is 20.1. The summed E-state index contributed by atoms with van der Waals surface area (Å²) < 4.78 is 17.7. The Morgan fingerprint density at radius 1 is 1.17 bits per heavy atom. The topological polar surface area (TPSA) is 73.1 Å². The molecule has 1 N–H and O–H groups in total. The quantitative estimate of drug-likeness (QED) is 0.133. The van der Waals surface area contributed by atoms with E-state index in [1.165, 1.54) is 4.88 Å². The average Bonchev–Trinajstić information content (AvgIpc) is 3.63. The smallest absolute Gasteiger partial charge is 0.255 e. The number of amides is 1. The maximum Gasteiger partial charge on any atom is 0.255 e. The van der Waals surface area contributed by atoms with E-state index in [1.54, 1.807) is 23.8 Å². The molecule has 8 heteroatoms. The molecule has 41 heavy (non-hydrogen) atoms. The monoisotopic (exact) mass is 588 g/mol. The second kappa shape index (κ2) is 13.7. The van der Waals surface area contributed by atoms with Gasteiger partial charge >= 0.3 is 0 Å². The van der Waals surface area contributed by atoms with Gasteiger partial charge in [0.25, 0.3) is 5.91 Å². The number of rotatable bonds is 12. The largest absolute Gasteiger partial charge is 0.490 e. The first kappa shape index (κ1) is 28.7. The number of fused-ring (bicyclic) bond motifs is 1. The van der Waals surface area contributed by atoms with Gasteiger partial charge in [-0.15, -0.1) is 17.9 Å². The Morgan fingerprint density at radius 3 is 2.76 bits per heavy atom. The summed E-state index contributed by atoms with van der Waals surface area (Å²) in [4.78, 5) is 19.5. The van der Waals surface area contributed by atoms with Gasteiger partial charge in [-0.3, -0.25) is 4.79 Å². The fourth-order valence-electron chi connectivity index (χ4n) is 4.91. The van der Waals surface area contributed by atoms with E-state index in [4.69, 9.17) is 30.5 Å². The van der Waals surface area contributed by atoms with Crippen molar-refractivity contribution in [1.29, 1.82) is 0 Å². The molecule has 0 atom stereocenters. The summed E-state index contributed by atoms with van der Waals surface area (Å²) in [5.41, 5.74) is 4.61. The fourth-order valence-corrected chi connectivity index (χ4v) is 6.26. The second-order valence-electron chi connectivity index (χ2n) is 9.76. The molecule has 5 rings (SSSR count). The van der Waals surface area contributed by atoms with Crippen molar-refractivity contribution in [3.05, 3.63) is 111 Å². The Bertz CT molecular complexity index is 1520. The predicted molar refractivity (Wildman–Crippen MR) is 165 cm³/mol. The molecule has 0 aliphatic heterocycles. The molecule has 2 aromatic heterocycles. The van der Waals surface area contributed by atoms with Crippen molar-refractivity contribution in [1.82, 2.24) is 5.32 Å². The Morgan fingerprint density at radius 2 is 2.00 bits per heavy atom. The van der Waals surface area contributed by atoms with Gasteiger partial charge in [0, 0.05) is 21.7 Å². The van der Waals surface area contributed by atoms with Crippen LogP contribution in [0.3, 0.4) is 0 Å². The summed E-state index contributed by atoms with van der Waals surface area (Å²) in [7, 11) is 0. The molecule has 212 valence electrons. The summed E-state index contributed by atoms with van der Waals surface area (Å²) in [5.74, 6) is 1.91. The Labute approximate surface area is 249 Å². The number of aryl methyl sites for hydroxylation is 1. The molecule has 1 aliphatic rings. The minimum absolute atomic E-state index is 0.124. The van der Waals surface area contributed by atoms with Gasteiger partial charge in [-0.2, -0.15) is 0 Å². The van der Waals surface area contributed by atoms with Gasteiger partial charge in [0.2, 0.25) is 0 Å². The summed E-state index contributed by atoms with van der Waals surface area (Å²) in [6.07, 6.45) is 9.93. The van der Waals surface area contributed by atoms with Crippen LogP contribution in [0, 0.1) is 0 Å². The number of hydrogen-bond acceptors (Lipinski definition) is 6. The maximum atomic E-state index is 13.4. The molecule has 2 aromatic carbocycles. The minimum Gasteiger partial charge on any atom is -0.490 e. The molecule has 0 spiro atoms. The average molecular weight is 589 g/mol. The number of nitrogens with one attached hydrogen (secondary N) is 1. The minimum atomic E-state index is -0.124. The first-order valence-corrected chi connectivity index (χ1v) is 15.0. The molecule has 2 heterocycles. The maximum absolute atomic E-state index is 13.4. The van der Waals surface area contributed by atoms with Gasteiger partial charge in [-0.05, 0) is 92.1 Å². The van der Waals surface area contributed by atoms with Gasteiger partial charge in [0.05, 0.1) is 25.0 Å². The Kier molecular flexibility index (Phi) is 9.59. The SMILES string of the molecule is C=CCc1cc(C=Nc2sc3c(c2C(=O)NCc2ccco2)CCCC3)cc(OCC)c1OCc1ccc(Cl)cc1. The number of nitrogens with zero attached hydrogens (tertiary/aromatic N) is 1. The molecular weight excluding hydrogens is 556 g/mol. The van der Waals surface area contributed by atoms with Crippen molar-refractivity contribution >= 4 is 40.1 Å². The first-order valence-electron chi connectivity index (χ1n) is 13.8. The molecular formula is C33H33ClN2O4S. The van der Waals surface area contributed by atoms with Crippen molar-refractivity contribution in [2.75, 3.05) is 6.61 Å². The number of hydrogen-bond donors (Lipinski definition) is 1. The number of benzene rings is 2. The zero-order valence-electron chi connectivity index (χ0n) is 23.1. The van der Waals surface area contributed by atoms with Crippen molar-refractivity contribution < 1.29 is 18.7 Å². The predicted octanol–water partition coefficient (Wildman–Crippen LogP) is 8.26. The summed E-state index contributed by atoms with van der Waals surface area (Å²) >= 11 is 7.64. The highest BCUT2D eigenvalue weighted by molar-refractivity contribution is 7.16. The highest BCUT2D eigenvalue weighted by Crippen LogP contribution is 2.40. The van der Waals surface area contributed by atoms with Crippen LogP contribution in [-0.4, -0.2) is 18.7 Å². The van der Waals surface area contributed by atoms with E-state index in [0.29, 0.717) is 54.0 Å². The van der Waals surface area contributed by atoms with Crippen LogP contribution in [0.15, 0.2) is 76.9 Å². The van der Waals surface area contributed by atoms with E-state index in [9.17, 15) is 4.79 Å². The van der Waals surface area contributed by atoms with Gasteiger partial charge in [-0.1, -0.05) is 29.8 Å². The molecule has 0 saturated heterocycles. The van der Waals surface area contributed by atoms with Gasteiger partial charge in [0.15, 0.2) is 11.5 Å². The molecule has 1 aliphatic carbocycles. The summed E-state index contributed by atoms with van der Waals surface area (Å²) in [6, 6.07) is 15.2. The fraction of sp³-hybridized carbons (Fsp3) is 0.273. The van der Waals surface area contributed by atoms with E-state index >= 15 is 0 Å². The van der Waals surface area contributed by atoms with Gasteiger partial charge in [-0.25, -0.2) is 4.99 Å². The van der Waals surface area contributed by atoms with Crippen LogP contribution < -0.4 is 14.8 Å². The highest BCUT2D eigenvalue weighted by atomic mass is 35.5. The van der Waals surface area contributed by atoms with Gasteiger partial charge < -0.3 is 19.2 Å². The van der Waals surface area contributed by atoms with Crippen molar-refractivity contribution in [3.63, 3.8) is 0 Å². The third-order valence-electron chi connectivity index (χ3n) is 6.83. The number of allylic oxidation sites excluding steroid dienone is 1. The third kappa shape index (κ3) is 7.10. The van der Waals surface area contributed by atoms with Crippen molar-refractivity contribution in [2.45, 2.75) is 52.2 Å². The van der Waals surface area contributed by atoms with Crippen LogP contribution in [0.4, 0.5) is 5.00 Å². The Balaban J connectivity index is 1.43. The van der Waals surface area contributed by atoms with E-state index in [2.05, 4.69) is 11.9 Å². The molecule has 0 bridgehead atoms. The number of ether oxygens (including phenoxy) is 2. The molecule has 0 radical (unpaired) electrons. The third-order valence-corrected chi connectivity index (χ3v) is 8.28. The van der Waals surface area contributed by atoms with Crippen LogP contribution in [0.1, 0.15) is 63.0 Å². The van der Waals surface area contributed by atoms with Crippen molar-refractivity contribution in [2.24, 2.45) is 4.99 Å². The van der Waals surface area contributed by atoms with Crippen molar-refractivity contribution in [3.8, 4) is 11.5 Å². The van der Waals surface area contributed by atoms with Crippen LogP contribution in [0.2, 0.25) is 5.02 Å². The normalized spacial score (nSPS) is 12.7. The number of thiophene rings is 1. The van der Waals surface area contributed by atoms with Crippen LogP contribution >= 0.6 is 22.9 Å². The lowest BCUT2D eigenvalue weighted by atomic mass is 9.95. The second-order valence-corrected chi connectivity index (χ2v) is 11.3. The van der Waals surface area contributed by atoms with Crippen LogP contribution in [0.25, 0.3) is 0 Å². The lowest BCUT2D eigenvalue weighted by Crippen LogP contribution is -2.23. The zero-order chi connectivity index (χ0) is 28.6. The number of halogens is 1. The molecule has 6 nitrogen and oxygen atoms in total. The molecule has 0 fully saturated rings. The van der Waals surface area contributed by atoms with Crippen LogP contribution in [-0.2, 0) is 32.4 Å². The molecule has 0 unspecified atom stereocenters. The molecule has 4 aromatic rings. The summed E-state index contributed by atoms with van der Waals surface area (Å²) in [6.45, 7) is 7.08. The number of carbonyl (C=O) groups excluding carboxylic acids is 1. The standard InChI is InChI=1S/C33H33ClN2O4S/c1-3-8-24-17-23(18-28(38-4-2)31(24)40-21-22-12-14-25(34)15-13-22)19-36-33-30(27-10-5-6-11-29(27)41-33)32(37)35-20-26-9-7-16-39-26/h3,7,9,12-19H,1,4-6,8,10-11,20-21H2,2H3,(H,35,37). The zero-order valence-corrected chi connectivity index (χ0v) is 24.7. The van der Waals surface area contributed by atoms with E-state index in [-0.39, 0.29) is 5.91 Å². The summed E-state index contributed by atoms with van der Waals surface area (Å²) in [5, 5.41) is 4.42. The van der Waals surface area contributed by atoms with E-state index in [0.717, 1.165) is 52.9 Å². The molecule has 1 amide bonds. The molecule has 0 saturated carbocycles. The number of carbonyl (C=O) groups is 1. The highest BCUT2D eigenvalue weighted by Gasteiger charge is 2.25. The lowest BCUT2D eigenvalue weighted by molar-refractivity contribution is 0.0948. The van der Waals surface area contributed by atoms with Crippen LogP contribution in [0.5, 0.6) is 11.5 Å². The lowest BCUT2D eigenvalue weighted by Gasteiger charge is -2.17. The van der Waals surface area contributed by atoms with E-state index < -0.39 is 0 Å². The Hall–Kier alpha value is -3.81. The number of furan rings is 1.